The maximum Gasteiger partial charge on any atom is 0.338 e. The highest BCUT2D eigenvalue weighted by Gasteiger charge is 2.38. The Hall–Kier alpha value is -2.86. The minimum Gasteiger partial charge on any atom is -0.457 e. The first-order valence-electron chi connectivity index (χ1n) is 9.16. The zero-order valence-corrected chi connectivity index (χ0v) is 18.4. The number of amides is 2. The van der Waals surface area contributed by atoms with Crippen molar-refractivity contribution in [2.24, 2.45) is 0 Å². The van der Waals surface area contributed by atoms with Crippen LogP contribution in [0.5, 0.6) is 0 Å². The van der Waals surface area contributed by atoms with Crippen LogP contribution in [0.1, 0.15) is 42.2 Å². The lowest BCUT2D eigenvalue weighted by atomic mass is 10.1. The van der Waals surface area contributed by atoms with Gasteiger partial charge >= 0.3 is 5.97 Å². The van der Waals surface area contributed by atoms with E-state index in [0.29, 0.717) is 16.3 Å². The number of fused-ring (bicyclic) bond motifs is 1. The Kier molecular flexibility index (Phi) is 5.75. The van der Waals surface area contributed by atoms with E-state index in [4.69, 9.17) is 39.5 Å². The number of carbonyl (C=O) groups is 3. The zero-order valence-electron chi connectivity index (χ0n) is 16.1. The predicted octanol–water partition coefficient (Wildman–Crippen LogP) is 6.11. The number of imide groups is 1. The van der Waals surface area contributed by atoms with Crippen LogP contribution in [0.3, 0.4) is 0 Å². The molecule has 8 heteroatoms. The number of benzene rings is 3. The quantitative estimate of drug-likeness (QED) is 0.338. The molecule has 31 heavy (non-hydrogen) atoms. The van der Waals surface area contributed by atoms with Crippen LogP contribution in [0.4, 0.5) is 5.69 Å². The van der Waals surface area contributed by atoms with Crippen LogP contribution in [0, 0.1) is 6.92 Å². The molecule has 3 aromatic rings. The molecule has 156 valence electrons. The summed E-state index contributed by atoms with van der Waals surface area (Å²) in [5, 5.41) is 0.945. The summed E-state index contributed by atoms with van der Waals surface area (Å²) in [6.07, 6.45) is 0. The highest BCUT2D eigenvalue weighted by molar-refractivity contribution is 6.44. The molecular formula is C23H14Cl3NO4. The molecule has 1 aliphatic heterocycles. The average Bonchev–Trinajstić information content (AvgIpc) is 2.98. The van der Waals surface area contributed by atoms with Crippen molar-refractivity contribution in [3.63, 3.8) is 0 Å². The van der Waals surface area contributed by atoms with Crippen LogP contribution in [0.2, 0.25) is 15.1 Å². The van der Waals surface area contributed by atoms with E-state index in [1.54, 1.807) is 43.3 Å². The highest BCUT2D eigenvalue weighted by Crippen LogP contribution is 2.35. The van der Waals surface area contributed by atoms with Crippen LogP contribution in [-0.2, 0) is 11.3 Å². The summed E-state index contributed by atoms with van der Waals surface area (Å²) >= 11 is 17.9. The topological polar surface area (TPSA) is 63.7 Å². The van der Waals surface area contributed by atoms with Crippen molar-refractivity contribution < 1.29 is 19.1 Å². The summed E-state index contributed by atoms with van der Waals surface area (Å²) in [7, 11) is 0. The van der Waals surface area contributed by atoms with Crippen molar-refractivity contribution in [3.05, 3.63) is 97.5 Å². The van der Waals surface area contributed by atoms with Gasteiger partial charge in [0, 0.05) is 5.02 Å². The van der Waals surface area contributed by atoms with Crippen LogP contribution in [-0.4, -0.2) is 17.8 Å². The minimum absolute atomic E-state index is 0.0588. The second-order valence-electron chi connectivity index (χ2n) is 6.96. The van der Waals surface area contributed by atoms with E-state index >= 15 is 0 Å². The van der Waals surface area contributed by atoms with E-state index in [1.165, 1.54) is 18.2 Å². The Morgan fingerprint density at radius 2 is 1.45 bits per heavy atom. The molecule has 0 spiro atoms. The van der Waals surface area contributed by atoms with Crippen molar-refractivity contribution in [1.82, 2.24) is 0 Å². The molecule has 0 saturated heterocycles. The van der Waals surface area contributed by atoms with Crippen LogP contribution < -0.4 is 4.90 Å². The fourth-order valence-electron chi connectivity index (χ4n) is 3.24. The van der Waals surface area contributed by atoms with Gasteiger partial charge in [0.1, 0.15) is 6.61 Å². The van der Waals surface area contributed by atoms with Gasteiger partial charge < -0.3 is 4.74 Å². The number of hydrogen-bond acceptors (Lipinski definition) is 4. The van der Waals surface area contributed by atoms with Gasteiger partial charge in [-0.2, -0.15) is 0 Å². The summed E-state index contributed by atoms with van der Waals surface area (Å²) in [5.41, 5.74) is 2.24. The Morgan fingerprint density at radius 1 is 0.871 bits per heavy atom. The average molecular weight is 475 g/mol. The molecule has 1 heterocycles. The lowest BCUT2D eigenvalue weighted by Crippen LogP contribution is -2.30. The van der Waals surface area contributed by atoms with E-state index in [2.05, 4.69) is 0 Å². The SMILES string of the molecule is Cc1ccc(C(=O)OCc2ccc(Cl)cc2)cc1N1C(=O)c2cc(Cl)c(Cl)cc2C1=O. The van der Waals surface area contributed by atoms with E-state index in [9.17, 15) is 14.4 Å². The normalized spacial score (nSPS) is 12.8. The fourth-order valence-corrected chi connectivity index (χ4v) is 3.70. The zero-order chi connectivity index (χ0) is 22.3. The first kappa shape index (κ1) is 21.4. The number of anilines is 1. The second-order valence-corrected chi connectivity index (χ2v) is 8.21. The van der Waals surface area contributed by atoms with Gasteiger partial charge in [0.05, 0.1) is 32.4 Å². The van der Waals surface area contributed by atoms with E-state index in [0.717, 1.165) is 10.5 Å². The first-order valence-corrected chi connectivity index (χ1v) is 10.3. The number of esters is 1. The molecule has 0 radical (unpaired) electrons. The van der Waals surface area contributed by atoms with Gasteiger partial charge in [0.25, 0.3) is 11.8 Å². The van der Waals surface area contributed by atoms with Gasteiger partial charge in [-0.05, 0) is 54.4 Å². The molecule has 0 unspecified atom stereocenters. The summed E-state index contributed by atoms with van der Waals surface area (Å²) in [5.74, 6) is -1.65. The molecule has 0 bridgehead atoms. The van der Waals surface area contributed by atoms with Crippen LogP contribution in [0.25, 0.3) is 0 Å². The maximum atomic E-state index is 12.9. The minimum atomic E-state index is -0.584. The number of rotatable bonds is 4. The molecule has 2 amide bonds. The molecular weight excluding hydrogens is 461 g/mol. The third-order valence-corrected chi connectivity index (χ3v) is 5.87. The number of nitrogens with zero attached hydrogens (tertiary/aromatic N) is 1. The van der Waals surface area contributed by atoms with Gasteiger partial charge in [-0.15, -0.1) is 0 Å². The molecule has 4 rings (SSSR count). The van der Waals surface area contributed by atoms with Gasteiger partial charge in [-0.25, -0.2) is 9.69 Å². The maximum absolute atomic E-state index is 12.9. The summed E-state index contributed by atoms with van der Waals surface area (Å²) in [6.45, 7) is 1.80. The predicted molar refractivity (Wildman–Crippen MR) is 119 cm³/mol. The van der Waals surface area contributed by atoms with E-state index in [1.807, 2.05) is 0 Å². The molecule has 0 fully saturated rings. The molecule has 3 aromatic carbocycles. The van der Waals surface area contributed by atoms with Crippen LogP contribution >= 0.6 is 34.8 Å². The summed E-state index contributed by atoms with van der Waals surface area (Å²) < 4.78 is 5.35. The van der Waals surface area contributed by atoms with Gasteiger partial charge in [-0.3, -0.25) is 9.59 Å². The van der Waals surface area contributed by atoms with Gasteiger partial charge in [-0.1, -0.05) is 53.0 Å². The number of halogens is 3. The Morgan fingerprint density at radius 3 is 2.03 bits per heavy atom. The van der Waals surface area contributed by atoms with Gasteiger partial charge in [0.15, 0.2) is 0 Å². The number of ether oxygens (including phenoxy) is 1. The third-order valence-electron chi connectivity index (χ3n) is 4.90. The largest absolute Gasteiger partial charge is 0.457 e. The monoisotopic (exact) mass is 473 g/mol. The molecule has 1 aliphatic rings. The van der Waals surface area contributed by atoms with E-state index in [-0.39, 0.29) is 33.3 Å². The molecule has 0 saturated carbocycles. The Balaban J connectivity index is 1.61. The fraction of sp³-hybridized carbons (Fsp3) is 0.0870. The van der Waals surface area contributed by atoms with Crippen molar-refractivity contribution in [2.75, 3.05) is 4.90 Å². The highest BCUT2D eigenvalue weighted by atomic mass is 35.5. The molecule has 0 aromatic heterocycles. The van der Waals surface area contributed by atoms with Crippen molar-refractivity contribution >= 4 is 58.3 Å². The summed E-state index contributed by atoms with van der Waals surface area (Å²) in [6, 6.07) is 14.4. The first-order chi connectivity index (χ1) is 14.8. The third kappa shape index (κ3) is 4.04. The number of carbonyl (C=O) groups excluding carboxylic acids is 3. The van der Waals surface area contributed by atoms with Crippen LogP contribution in [0.15, 0.2) is 54.6 Å². The smallest absolute Gasteiger partial charge is 0.338 e. The standard InChI is InChI=1S/C23H14Cl3NO4/c1-12-2-5-14(23(30)31-11-13-3-6-15(24)7-4-13)8-20(12)27-21(28)16-9-18(25)19(26)10-17(16)22(27)29/h2-10H,11H2,1H3. The molecule has 0 atom stereocenters. The molecule has 0 aliphatic carbocycles. The Labute approximate surface area is 193 Å². The number of aryl methyl sites for hydroxylation is 1. The number of hydrogen-bond donors (Lipinski definition) is 0. The molecule has 5 nitrogen and oxygen atoms in total. The van der Waals surface area contributed by atoms with Gasteiger partial charge in [0.2, 0.25) is 0 Å². The lowest BCUT2D eigenvalue weighted by molar-refractivity contribution is 0.0472. The Bertz CT molecular complexity index is 1200. The van der Waals surface area contributed by atoms with Crippen molar-refractivity contribution in [1.29, 1.82) is 0 Å². The summed E-state index contributed by atoms with van der Waals surface area (Å²) in [4.78, 5) is 39.4. The molecule has 0 N–H and O–H groups in total. The second kappa shape index (κ2) is 8.35. The van der Waals surface area contributed by atoms with E-state index < -0.39 is 17.8 Å². The lowest BCUT2D eigenvalue weighted by Gasteiger charge is -2.17. The van der Waals surface area contributed by atoms with Crippen molar-refractivity contribution in [3.8, 4) is 0 Å². The van der Waals surface area contributed by atoms with Crippen molar-refractivity contribution in [2.45, 2.75) is 13.5 Å².